The van der Waals surface area contributed by atoms with Crippen LogP contribution < -0.4 is 20.1 Å². The third-order valence-electron chi connectivity index (χ3n) is 4.37. The Bertz CT molecular complexity index is 991. The van der Waals surface area contributed by atoms with E-state index in [0.717, 1.165) is 6.54 Å². The van der Waals surface area contributed by atoms with Gasteiger partial charge in [-0.3, -0.25) is 4.79 Å². The second-order valence-electron chi connectivity index (χ2n) is 6.39. The fraction of sp³-hybridized carbons (Fsp3) is 0.333. The fourth-order valence-electron chi connectivity index (χ4n) is 2.87. The smallest absolute Gasteiger partial charge is 0.260 e. The third kappa shape index (κ3) is 4.46. The van der Waals surface area contributed by atoms with Gasteiger partial charge < -0.3 is 15.4 Å². The normalized spacial score (nSPS) is 16.8. The molecule has 1 saturated heterocycles. The minimum Gasteiger partial charge on any atom is -0.496 e. The Morgan fingerprint density at radius 1 is 1.32 bits per heavy atom. The summed E-state index contributed by atoms with van der Waals surface area (Å²) in [6, 6.07) is 6.35. The second-order valence-corrected chi connectivity index (χ2v) is 8.10. The minimum atomic E-state index is -3.80. The first-order valence-electron chi connectivity index (χ1n) is 8.66. The number of halogens is 1. The van der Waals surface area contributed by atoms with Crippen molar-refractivity contribution >= 4 is 21.7 Å². The van der Waals surface area contributed by atoms with Gasteiger partial charge in [0.1, 0.15) is 17.4 Å². The molecule has 1 aromatic heterocycles. The molecule has 2 heterocycles. The summed E-state index contributed by atoms with van der Waals surface area (Å²) in [6.07, 6.45) is 0.693. The highest BCUT2D eigenvalue weighted by atomic mass is 32.2. The summed E-state index contributed by atoms with van der Waals surface area (Å²) in [6.45, 7) is 2.77. The second kappa shape index (κ2) is 8.21. The molecule has 0 spiro atoms. The van der Waals surface area contributed by atoms with E-state index in [4.69, 9.17) is 4.74 Å². The lowest BCUT2D eigenvalue weighted by Crippen LogP contribution is -2.36. The zero-order chi connectivity index (χ0) is 20.3. The van der Waals surface area contributed by atoms with Crippen molar-refractivity contribution in [1.29, 1.82) is 0 Å². The molecule has 8 nitrogen and oxygen atoms in total. The first-order valence-corrected chi connectivity index (χ1v) is 10.1. The number of aromatic nitrogens is 1. The summed E-state index contributed by atoms with van der Waals surface area (Å²) < 4.78 is 46.4. The van der Waals surface area contributed by atoms with Gasteiger partial charge in [0.25, 0.3) is 5.91 Å². The number of carbonyl (C=O) groups is 1. The van der Waals surface area contributed by atoms with Gasteiger partial charge in [-0.25, -0.2) is 22.5 Å². The van der Waals surface area contributed by atoms with Gasteiger partial charge in [0.2, 0.25) is 10.0 Å². The van der Waals surface area contributed by atoms with Crippen LogP contribution in [0.15, 0.2) is 35.2 Å². The molecule has 1 aliphatic heterocycles. The third-order valence-corrected chi connectivity index (χ3v) is 5.89. The number of rotatable bonds is 6. The topological polar surface area (TPSA) is 109 Å². The number of pyridine rings is 1. The van der Waals surface area contributed by atoms with E-state index in [0.29, 0.717) is 13.0 Å². The summed E-state index contributed by atoms with van der Waals surface area (Å²) in [7, 11) is -2.42. The molecule has 1 aliphatic rings. The van der Waals surface area contributed by atoms with Crippen LogP contribution >= 0.6 is 0 Å². The molecule has 0 radical (unpaired) electrons. The van der Waals surface area contributed by atoms with Gasteiger partial charge in [-0.1, -0.05) is 0 Å². The summed E-state index contributed by atoms with van der Waals surface area (Å²) in [5.74, 6) is -0.752. The van der Waals surface area contributed by atoms with Crippen LogP contribution in [0.5, 0.6) is 5.75 Å². The van der Waals surface area contributed by atoms with Crippen molar-refractivity contribution in [3.05, 3.63) is 47.4 Å². The number of sulfonamides is 1. The molecule has 0 unspecified atom stereocenters. The van der Waals surface area contributed by atoms with Gasteiger partial charge in [0, 0.05) is 12.6 Å². The predicted octanol–water partition coefficient (Wildman–Crippen LogP) is 1.43. The van der Waals surface area contributed by atoms with Crippen LogP contribution in [0, 0.1) is 12.7 Å². The first kappa shape index (κ1) is 20.2. The van der Waals surface area contributed by atoms with Crippen LogP contribution in [0.4, 0.5) is 10.2 Å². The van der Waals surface area contributed by atoms with E-state index >= 15 is 0 Å². The van der Waals surface area contributed by atoms with Crippen LogP contribution in [-0.4, -0.2) is 45.6 Å². The van der Waals surface area contributed by atoms with Crippen molar-refractivity contribution in [1.82, 2.24) is 15.0 Å². The number of benzene rings is 1. The van der Waals surface area contributed by atoms with E-state index in [9.17, 15) is 17.6 Å². The number of nitrogens with zero attached hydrogens (tertiary/aromatic N) is 1. The number of hydrogen-bond acceptors (Lipinski definition) is 6. The number of aryl methyl sites for hydroxylation is 1. The lowest BCUT2D eigenvalue weighted by atomic mass is 10.2. The van der Waals surface area contributed by atoms with Crippen LogP contribution in [-0.2, 0) is 10.0 Å². The molecule has 2 aromatic rings. The Morgan fingerprint density at radius 3 is 2.75 bits per heavy atom. The maximum Gasteiger partial charge on any atom is 0.260 e. The van der Waals surface area contributed by atoms with Crippen molar-refractivity contribution in [2.24, 2.45) is 0 Å². The highest BCUT2D eigenvalue weighted by molar-refractivity contribution is 7.89. The molecule has 28 heavy (non-hydrogen) atoms. The lowest BCUT2D eigenvalue weighted by molar-refractivity contribution is 0.102. The zero-order valence-corrected chi connectivity index (χ0v) is 16.3. The van der Waals surface area contributed by atoms with Gasteiger partial charge in [-0.05, 0) is 50.2 Å². The Balaban J connectivity index is 1.87. The number of ether oxygens (including phenoxy) is 1. The molecule has 1 amide bonds. The maximum atomic E-state index is 13.4. The Labute approximate surface area is 162 Å². The summed E-state index contributed by atoms with van der Waals surface area (Å²) >= 11 is 0. The van der Waals surface area contributed by atoms with E-state index in [2.05, 4.69) is 20.3 Å². The van der Waals surface area contributed by atoms with Gasteiger partial charge in [-0.2, -0.15) is 0 Å². The average Bonchev–Trinajstić information content (AvgIpc) is 3.16. The summed E-state index contributed by atoms with van der Waals surface area (Å²) in [5.41, 5.74) is 0.161. The zero-order valence-electron chi connectivity index (χ0n) is 15.5. The van der Waals surface area contributed by atoms with Gasteiger partial charge >= 0.3 is 0 Å². The standard InChI is InChI=1S/C18H21FN4O4S/c1-11-15(19)4-6-17(21-11)22-18(24)14-9-13(3-5-16(14)27-2)28(25,26)23-12-7-8-20-10-12/h3-6,9,12,20,23H,7-8,10H2,1-2H3,(H,21,22,24)/t12-/m1/s1. The maximum absolute atomic E-state index is 13.4. The van der Waals surface area contributed by atoms with E-state index in [-0.39, 0.29) is 33.8 Å². The molecule has 3 N–H and O–H groups in total. The Hall–Kier alpha value is -2.56. The average molecular weight is 408 g/mol. The minimum absolute atomic E-state index is 0.0266. The van der Waals surface area contributed by atoms with Gasteiger partial charge in [-0.15, -0.1) is 0 Å². The van der Waals surface area contributed by atoms with Crippen molar-refractivity contribution in [2.75, 3.05) is 25.5 Å². The largest absolute Gasteiger partial charge is 0.496 e. The highest BCUT2D eigenvalue weighted by Gasteiger charge is 2.25. The van der Waals surface area contributed by atoms with E-state index in [1.807, 2.05) is 0 Å². The van der Waals surface area contributed by atoms with Crippen LogP contribution in [0.3, 0.4) is 0 Å². The number of nitrogens with one attached hydrogen (secondary N) is 3. The number of hydrogen-bond donors (Lipinski definition) is 3. The van der Waals surface area contributed by atoms with Crippen molar-refractivity contribution in [3.8, 4) is 5.75 Å². The molecule has 0 aliphatic carbocycles. The molecule has 1 atom stereocenters. The van der Waals surface area contributed by atoms with Crippen molar-refractivity contribution in [2.45, 2.75) is 24.3 Å². The first-order chi connectivity index (χ1) is 13.3. The monoisotopic (exact) mass is 408 g/mol. The van der Waals surface area contributed by atoms with Crippen LogP contribution in [0.25, 0.3) is 0 Å². The van der Waals surface area contributed by atoms with E-state index in [1.165, 1.54) is 44.4 Å². The fourth-order valence-corrected chi connectivity index (χ4v) is 4.17. The molecule has 3 rings (SSSR count). The van der Waals surface area contributed by atoms with E-state index in [1.54, 1.807) is 0 Å². The molecule has 1 aromatic carbocycles. The molecule has 0 saturated carbocycles. The molecule has 0 bridgehead atoms. The molecule has 150 valence electrons. The summed E-state index contributed by atoms with van der Waals surface area (Å²) in [5, 5.41) is 5.62. The number of carbonyl (C=O) groups excluding carboxylic acids is 1. The molecular weight excluding hydrogens is 387 g/mol. The highest BCUT2D eigenvalue weighted by Crippen LogP contribution is 2.24. The number of methoxy groups -OCH3 is 1. The van der Waals surface area contributed by atoms with Crippen LogP contribution in [0.1, 0.15) is 22.5 Å². The van der Waals surface area contributed by atoms with Crippen molar-refractivity contribution in [3.63, 3.8) is 0 Å². The Morgan fingerprint density at radius 2 is 2.11 bits per heavy atom. The SMILES string of the molecule is COc1ccc(S(=O)(=O)N[C@@H]2CCNC2)cc1C(=O)Nc1ccc(F)c(C)n1. The lowest BCUT2D eigenvalue weighted by Gasteiger charge is -2.14. The van der Waals surface area contributed by atoms with Gasteiger partial charge in [0.15, 0.2) is 0 Å². The quantitative estimate of drug-likeness (QED) is 0.667. The predicted molar refractivity (Wildman–Crippen MR) is 101 cm³/mol. The molecular formula is C18H21FN4O4S. The molecule has 1 fully saturated rings. The number of anilines is 1. The summed E-state index contributed by atoms with van der Waals surface area (Å²) in [4.78, 5) is 16.6. The number of amides is 1. The molecule has 10 heteroatoms. The van der Waals surface area contributed by atoms with Crippen LogP contribution in [0.2, 0.25) is 0 Å². The Kier molecular flexibility index (Phi) is 5.92. The van der Waals surface area contributed by atoms with Gasteiger partial charge in [0.05, 0.1) is 23.3 Å². The van der Waals surface area contributed by atoms with E-state index < -0.39 is 21.7 Å². The van der Waals surface area contributed by atoms with Crippen molar-refractivity contribution < 1.29 is 22.3 Å².